The lowest BCUT2D eigenvalue weighted by molar-refractivity contribution is 0.239. The van der Waals surface area contributed by atoms with Gasteiger partial charge in [0.05, 0.1) is 0 Å². The van der Waals surface area contributed by atoms with Gasteiger partial charge in [-0.2, -0.15) is 0 Å². The maximum Gasteiger partial charge on any atom is 0.126 e. The summed E-state index contributed by atoms with van der Waals surface area (Å²) in [5, 5.41) is 8.70. The standard InChI is InChI=1S/C6H5BrO/c1-2-3-6(8)4-5-7/h1,6,8H,3H2/t6-/m1/s1. The van der Waals surface area contributed by atoms with E-state index in [9.17, 15) is 0 Å². The van der Waals surface area contributed by atoms with Gasteiger partial charge < -0.3 is 5.11 Å². The average molecular weight is 173 g/mol. The van der Waals surface area contributed by atoms with Gasteiger partial charge in [0.15, 0.2) is 0 Å². The lowest BCUT2D eigenvalue weighted by atomic mass is 10.3. The summed E-state index contributed by atoms with van der Waals surface area (Å²) in [5.41, 5.74) is 0. The molecule has 0 aliphatic rings. The van der Waals surface area contributed by atoms with Crippen LogP contribution in [-0.4, -0.2) is 11.2 Å². The third-order valence-electron chi connectivity index (χ3n) is 0.532. The first kappa shape index (κ1) is 7.56. The molecular formula is C6H5BrO. The Bertz CT molecular complexity index is 146. The lowest BCUT2D eigenvalue weighted by Gasteiger charge is -1.90. The fraction of sp³-hybridized carbons (Fsp3) is 0.333. The zero-order chi connectivity index (χ0) is 6.41. The van der Waals surface area contributed by atoms with Crippen molar-refractivity contribution in [2.45, 2.75) is 12.5 Å². The molecule has 0 amide bonds. The molecule has 0 radical (unpaired) electrons. The summed E-state index contributed by atoms with van der Waals surface area (Å²) in [6.07, 6.45) is 4.48. The molecule has 42 valence electrons. The molecule has 1 atom stereocenters. The van der Waals surface area contributed by atoms with Gasteiger partial charge in [-0.1, -0.05) is 5.92 Å². The van der Waals surface area contributed by atoms with Gasteiger partial charge in [-0.05, 0) is 4.83 Å². The largest absolute Gasteiger partial charge is 0.379 e. The van der Waals surface area contributed by atoms with Crippen LogP contribution in [0.4, 0.5) is 0 Å². The molecule has 8 heavy (non-hydrogen) atoms. The average Bonchev–Trinajstić information content (AvgIpc) is 1.68. The molecule has 0 aromatic carbocycles. The van der Waals surface area contributed by atoms with Crippen molar-refractivity contribution in [3.8, 4) is 23.1 Å². The second-order valence-corrected chi connectivity index (χ2v) is 1.56. The van der Waals surface area contributed by atoms with E-state index in [0.29, 0.717) is 6.42 Å². The highest BCUT2D eigenvalue weighted by Crippen LogP contribution is 1.85. The molecular weight excluding hydrogens is 168 g/mol. The van der Waals surface area contributed by atoms with Crippen molar-refractivity contribution in [1.82, 2.24) is 0 Å². The van der Waals surface area contributed by atoms with Gasteiger partial charge in [-0.3, -0.25) is 0 Å². The Labute approximate surface area is 57.2 Å². The minimum absolute atomic E-state index is 0.290. The zero-order valence-electron chi connectivity index (χ0n) is 4.19. The summed E-state index contributed by atoms with van der Waals surface area (Å²) >= 11 is 2.83. The van der Waals surface area contributed by atoms with Crippen LogP contribution in [0.3, 0.4) is 0 Å². The Morgan fingerprint density at radius 2 is 2.38 bits per heavy atom. The molecule has 1 N–H and O–H groups in total. The highest BCUT2D eigenvalue weighted by atomic mass is 79.9. The van der Waals surface area contributed by atoms with Crippen LogP contribution in [0.1, 0.15) is 6.42 Å². The minimum Gasteiger partial charge on any atom is -0.379 e. The maximum atomic E-state index is 8.70. The van der Waals surface area contributed by atoms with Crippen molar-refractivity contribution < 1.29 is 5.11 Å². The molecule has 0 aliphatic heterocycles. The molecule has 0 bridgehead atoms. The van der Waals surface area contributed by atoms with Gasteiger partial charge >= 0.3 is 0 Å². The number of rotatable bonds is 1. The fourth-order valence-electron chi connectivity index (χ4n) is 0.226. The first-order valence-corrected chi connectivity index (χ1v) is 2.83. The number of hydrogen-bond acceptors (Lipinski definition) is 1. The van der Waals surface area contributed by atoms with E-state index in [1.165, 1.54) is 0 Å². The third-order valence-corrected chi connectivity index (χ3v) is 0.761. The van der Waals surface area contributed by atoms with Crippen molar-refractivity contribution in [1.29, 1.82) is 0 Å². The van der Waals surface area contributed by atoms with Crippen LogP contribution >= 0.6 is 15.9 Å². The van der Waals surface area contributed by atoms with Crippen molar-refractivity contribution in [2.75, 3.05) is 0 Å². The number of aliphatic hydroxyl groups is 1. The molecule has 0 aliphatic carbocycles. The molecule has 0 saturated carbocycles. The van der Waals surface area contributed by atoms with Gasteiger partial charge in [0.1, 0.15) is 6.10 Å². The van der Waals surface area contributed by atoms with E-state index in [1.807, 2.05) is 0 Å². The van der Waals surface area contributed by atoms with Crippen molar-refractivity contribution in [3.05, 3.63) is 0 Å². The molecule has 0 saturated heterocycles. The van der Waals surface area contributed by atoms with Crippen molar-refractivity contribution in [2.24, 2.45) is 0 Å². The van der Waals surface area contributed by atoms with Crippen LogP contribution in [0.15, 0.2) is 0 Å². The van der Waals surface area contributed by atoms with Gasteiger partial charge in [0.25, 0.3) is 0 Å². The molecule has 0 aromatic rings. The Morgan fingerprint density at radius 1 is 1.75 bits per heavy atom. The second kappa shape index (κ2) is 4.71. The SMILES string of the molecule is C#CC[C@@H](O)C#CBr. The minimum atomic E-state index is -0.681. The second-order valence-electron chi connectivity index (χ2n) is 1.16. The summed E-state index contributed by atoms with van der Waals surface area (Å²) < 4.78 is 0. The van der Waals surface area contributed by atoms with Crippen LogP contribution < -0.4 is 0 Å². The molecule has 0 aromatic heterocycles. The first-order chi connectivity index (χ1) is 3.81. The normalized spacial score (nSPS) is 10.6. The smallest absolute Gasteiger partial charge is 0.126 e. The summed E-state index contributed by atoms with van der Waals surface area (Å²) in [4.78, 5) is 2.37. The predicted octanol–water partition coefficient (Wildman–Crippen LogP) is 0.726. The number of hydrogen-bond donors (Lipinski definition) is 1. The molecule has 1 nitrogen and oxygen atoms in total. The molecule has 0 unspecified atom stereocenters. The fourth-order valence-corrected chi connectivity index (χ4v) is 0.490. The molecule has 2 heteroatoms. The van der Waals surface area contributed by atoms with E-state index >= 15 is 0 Å². The Kier molecular flexibility index (Phi) is 4.45. The van der Waals surface area contributed by atoms with Gasteiger partial charge in [0, 0.05) is 22.4 Å². The van der Waals surface area contributed by atoms with E-state index in [1.54, 1.807) is 0 Å². The summed E-state index contributed by atoms with van der Waals surface area (Å²) in [6, 6.07) is 0. The van der Waals surface area contributed by atoms with Crippen molar-refractivity contribution in [3.63, 3.8) is 0 Å². The highest BCUT2D eigenvalue weighted by Gasteiger charge is 1.91. The Morgan fingerprint density at radius 3 is 2.75 bits per heavy atom. The molecule has 0 spiro atoms. The molecule has 0 heterocycles. The van der Waals surface area contributed by atoms with Crippen LogP contribution in [0.2, 0.25) is 0 Å². The third kappa shape index (κ3) is 3.74. The number of terminal acetylenes is 1. The summed E-state index contributed by atoms with van der Waals surface area (Å²) in [5.74, 6) is 4.71. The Hall–Kier alpha value is -0.440. The van der Waals surface area contributed by atoms with Gasteiger partial charge in [-0.25, -0.2) is 0 Å². The zero-order valence-corrected chi connectivity index (χ0v) is 5.77. The van der Waals surface area contributed by atoms with E-state index in [-0.39, 0.29) is 0 Å². The van der Waals surface area contributed by atoms with Gasteiger partial charge in [-0.15, -0.1) is 12.3 Å². The summed E-state index contributed by atoms with van der Waals surface area (Å²) in [7, 11) is 0. The summed E-state index contributed by atoms with van der Waals surface area (Å²) in [6.45, 7) is 0. The van der Waals surface area contributed by atoms with E-state index in [2.05, 4.69) is 32.6 Å². The van der Waals surface area contributed by atoms with Crippen LogP contribution in [0.5, 0.6) is 0 Å². The Balaban J connectivity index is 3.47. The first-order valence-electron chi connectivity index (χ1n) is 2.04. The topological polar surface area (TPSA) is 20.2 Å². The van der Waals surface area contributed by atoms with Gasteiger partial charge in [0.2, 0.25) is 0 Å². The lowest BCUT2D eigenvalue weighted by Crippen LogP contribution is -1.99. The van der Waals surface area contributed by atoms with E-state index < -0.39 is 6.10 Å². The van der Waals surface area contributed by atoms with E-state index in [0.717, 1.165) is 0 Å². The van der Waals surface area contributed by atoms with Crippen molar-refractivity contribution >= 4 is 15.9 Å². The molecule has 0 fully saturated rings. The monoisotopic (exact) mass is 172 g/mol. The van der Waals surface area contributed by atoms with Crippen LogP contribution in [0, 0.1) is 23.1 Å². The van der Waals surface area contributed by atoms with Crippen LogP contribution in [-0.2, 0) is 0 Å². The number of halogens is 1. The quantitative estimate of drug-likeness (QED) is 0.579. The molecule has 0 rings (SSSR count). The van der Waals surface area contributed by atoms with E-state index in [4.69, 9.17) is 11.5 Å². The van der Waals surface area contributed by atoms with Crippen LogP contribution in [0.25, 0.3) is 0 Å². The number of aliphatic hydroxyl groups excluding tert-OH is 1. The maximum absolute atomic E-state index is 8.70. The highest BCUT2D eigenvalue weighted by molar-refractivity contribution is 9.12. The predicted molar refractivity (Wildman–Crippen MR) is 36.2 cm³/mol.